The number of nitrogens with zero attached hydrogens (tertiary/aromatic N) is 2. The molecule has 1 atom stereocenters. The molecule has 0 radical (unpaired) electrons. The molecule has 1 aromatic carbocycles. The lowest BCUT2D eigenvalue weighted by Crippen LogP contribution is -2.42. The van der Waals surface area contributed by atoms with Gasteiger partial charge in [-0.05, 0) is 43.4 Å². The number of urea groups is 1. The van der Waals surface area contributed by atoms with E-state index < -0.39 is 0 Å². The normalized spacial score (nSPS) is 18.2. The second kappa shape index (κ2) is 6.16. The maximum absolute atomic E-state index is 12.1. The van der Waals surface area contributed by atoms with E-state index >= 15 is 0 Å². The molecule has 0 bridgehead atoms. The number of carbonyl (C=O) groups excluding carboxylic acids is 1. The van der Waals surface area contributed by atoms with E-state index in [9.17, 15) is 4.79 Å². The van der Waals surface area contributed by atoms with Crippen molar-refractivity contribution in [2.75, 3.05) is 27.7 Å². The van der Waals surface area contributed by atoms with Gasteiger partial charge in [0.1, 0.15) is 5.75 Å². The number of amides is 2. The Balaban J connectivity index is 2.09. The summed E-state index contributed by atoms with van der Waals surface area (Å²) in [5, 5.41) is 0. The lowest BCUT2D eigenvalue weighted by molar-refractivity contribution is 0.165. The van der Waals surface area contributed by atoms with Crippen molar-refractivity contribution in [1.82, 2.24) is 9.80 Å². The van der Waals surface area contributed by atoms with Gasteiger partial charge in [0, 0.05) is 26.7 Å². The number of rotatable bonds is 3. The first-order valence-corrected chi connectivity index (χ1v) is 7.14. The molecule has 1 fully saturated rings. The number of hydrogen-bond acceptors (Lipinski definition) is 2. The van der Waals surface area contributed by atoms with Crippen LogP contribution in [-0.4, -0.2) is 49.6 Å². The van der Waals surface area contributed by atoms with Crippen molar-refractivity contribution in [3.8, 4) is 5.75 Å². The first kappa shape index (κ1) is 14.7. The SMILES string of the molecule is COc1ccc(CC2CCCN2C(=O)N(C)C)cc1C. The van der Waals surface area contributed by atoms with Crippen molar-refractivity contribution < 1.29 is 9.53 Å². The zero-order valence-electron chi connectivity index (χ0n) is 12.8. The van der Waals surface area contributed by atoms with E-state index in [2.05, 4.69) is 19.1 Å². The van der Waals surface area contributed by atoms with Crippen molar-refractivity contribution in [3.05, 3.63) is 29.3 Å². The van der Waals surface area contributed by atoms with Crippen LogP contribution in [0.1, 0.15) is 24.0 Å². The number of hydrogen-bond donors (Lipinski definition) is 0. The van der Waals surface area contributed by atoms with Gasteiger partial charge in [-0.1, -0.05) is 12.1 Å². The molecule has 20 heavy (non-hydrogen) atoms. The molecular formula is C16H24N2O2. The van der Waals surface area contributed by atoms with Crippen LogP contribution < -0.4 is 4.74 Å². The minimum Gasteiger partial charge on any atom is -0.496 e. The van der Waals surface area contributed by atoms with Gasteiger partial charge in [0.2, 0.25) is 0 Å². The summed E-state index contributed by atoms with van der Waals surface area (Å²) in [6.07, 6.45) is 3.11. The highest BCUT2D eigenvalue weighted by atomic mass is 16.5. The predicted octanol–water partition coefficient (Wildman–Crippen LogP) is 2.69. The highest BCUT2D eigenvalue weighted by molar-refractivity contribution is 5.74. The van der Waals surface area contributed by atoms with Gasteiger partial charge in [0.05, 0.1) is 7.11 Å². The van der Waals surface area contributed by atoms with Crippen LogP contribution in [0.2, 0.25) is 0 Å². The van der Waals surface area contributed by atoms with Crippen molar-refractivity contribution in [2.24, 2.45) is 0 Å². The maximum Gasteiger partial charge on any atom is 0.319 e. The number of benzene rings is 1. The predicted molar refractivity (Wildman–Crippen MR) is 80.2 cm³/mol. The third kappa shape index (κ3) is 3.06. The van der Waals surface area contributed by atoms with E-state index in [-0.39, 0.29) is 6.03 Å². The lowest BCUT2D eigenvalue weighted by atomic mass is 10.0. The van der Waals surface area contributed by atoms with Crippen LogP contribution in [0.5, 0.6) is 5.75 Å². The van der Waals surface area contributed by atoms with Crippen molar-refractivity contribution in [2.45, 2.75) is 32.2 Å². The van der Waals surface area contributed by atoms with Gasteiger partial charge in [0.25, 0.3) is 0 Å². The van der Waals surface area contributed by atoms with E-state index in [1.165, 1.54) is 5.56 Å². The van der Waals surface area contributed by atoms with E-state index in [1.54, 1.807) is 12.0 Å². The molecule has 1 aromatic rings. The summed E-state index contributed by atoms with van der Waals surface area (Å²) < 4.78 is 5.29. The first-order valence-electron chi connectivity index (χ1n) is 7.14. The van der Waals surface area contributed by atoms with Gasteiger partial charge >= 0.3 is 6.03 Å². The van der Waals surface area contributed by atoms with Crippen LogP contribution in [0.15, 0.2) is 18.2 Å². The van der Waals surface area contributed by atoms with Crippen LogP contribution >= 0.6 is 0 Å². The van der Waals surface area contributed by atoms with Gasteiger partial charge < -0.3 is 14.5 Å². The zero-order valence-corrected chi connectivity index (χ0v) is 12.8. The molecule has 1 aliphatic heterocycles. The van der Waals surface area contributed by atoms with Crippen LogP contribution in [0, 0.1) is 6.92 Å². The molecule has 0 aromatic heterocycles. The minimum atomic E-state index is 0.123. The minimum absolute atomic E-state index is 0.123. The third-order valence-electron chi connectivity index (χ3n) is 3.94. The molecule has 0 N–H and O–H groups in total. The second-order valence-corrected chi connectivity index (χ2v) is 5.67. The third-order valence-corrected chi connectivity index (χ3v) is 3.94. The van der Waals surface area contributed by atoms with Crippen molar-refractivity contribution >= 4 is 6.03 Å². The summed E-state index contributed by atoms with van der Waals surface area (Å²) in [4.78, 5) is 15.8. The topological polar surface area (TPSA) is 32.8 Å². The Morgan fingerprint density at radius 3 is 2.80 bits per heavy atom. The molecule has 2 amide bonds. The maximum atomic E-state index is 12.1. The fourth-order valence-electron chi connectivity index (χ4n) is 2.90. The van der Waals surface area contributed by atoms with Gasteiger partial charge in [-0.15, -0.1) is 0 Å². The molecule has 1 aliphatic rings. The summed E-state index contributed by atoms with van der Waals surface area (Å²) in [6, 6.07) is 6.71. The molecular weight excluding hydrogens is 252 g/mol. The fourth-order valence-corrected chi connectivity index (χ4v) is 2.90. The highest BCUT2D eigenvalue weighted by Crippen LogP contribution is 2.25. The molecule has 0 saturated carbocycles. The number of likely N-dealkylation sites (tertiary alicyclic amines) is 1. The highest BCUT2D eigenvalue weighted by Gasteiger charge is 2.29. The Morgan fingerprint density at radius 2 is 2.20 bits per heavy atom. The quantitative estimate of drug-likeness (QED) is 0.850. The average Bonchev–Trinajstić information content (AvgIpc) is 2.86. The van der Waals surface area contributed by atoms with Gasteiger partial charge in [0.15, 0.2) is 0 Å². The molecule has 0 spiro atoms. The van der Waals surface area contributed by atoms with Crippen LogP contribution in [0.3, 0.4) is 0 Å². The number of aryl methyl sites for hydroxylation is 1. The molecule has 110 valence electrons. The van der Waals surface area contributed by atoms with Crippen LogP contribution in [-0.2, 0) is 6.42 Å². The summed E-state index contributed by atoms with van der Waals surface area (Å²) >= 11 is 0. The standard InChI is InChI=1S/C16H24N2O2/c1-12-10-13(7-8-15(12)20-4)11-14-6-5-9-18(14)16(19)17(2)3/h7-8,10,14H,5-6,9,11H2,1-4H3. The Hall–Kier alpha value is -1.71. The molecule has 2 rings (SSSR count). The number of methoxy groups -OCH3 is 1. The number of carbonyl (C=O) groups is 1. The molecule has 1 heterocycles. The summed E-state index contributed by atoms with van der Waals surface area (Å²) in [5.74, 6) is 0.918. The molecule has 0 aliphatic carbocycles. The number of ether oxygens (including phenoxy) is 1. The van der Waals surface area contributed by atoms with E-state index in [0.29, 0.717) is 6.04 Å². The molecule has 1 saturated heterocycles. The van der Waals surface area contributed by atoms with Crippen LogP contribution in [0.25, 0.3) is 0 Å². The van der Waals surface area contributed by atoms with Gasteiger partial charge in [-0.3, -0.25) is 0 Å². The Labute approximate surface area is 121 Å². The lowest BCUT2D eigenvalue weighted by Gasteiger charge is -2.28. The van der Waals surface area contributed by atoms with Gasteiger partial charge in [-0.25, -0.2) is 4.79 Å². The van der Waals surface area contributed by atoms with Crippen molar-refractivity contribution in [3.63, 3.8) is 0 Å². The Kier molecular flexibility index (Phi) is 4.53. The Morgan fingerprint density at radius 1 is 1.45 bits per heavy atom. The summed E-state index contributed by atoms with van der Waals surface area (Å²) in [7, 11) is 5.32. The Bertz CT molecular complexity index is 485. The average molecular weight is 276 g/mol. The smallest absolute Gasteiger partial charge is 0.319 e. The van der Waals surface area contributed by atoms with E-state index in [0.717, 1.165) is 37.1 Å². The van der Waals surface area contributed by atoms with Crippen LogP contribution in [0.4, 0.5) is 4.79 Å². The molecule has 4 nitrogen and oxygen atoms in total. The van der Waals surface area contributed by atoms with E-state index in [4.69, 9.17) is 4.74 Å². The second-order valence-electron chi connectivity index (χ2n) is 5.67. The van der Waals surface area contributed by atoms with Crippen molar-refractivity contribution in [1.29, 1.82) is 0 Å². The molecule has 1 unspecified atom stereocenters. The first-order chi connectivity index (χ1) is 9.52. The van der Waals surface area contributed by atoms with E-state index in [1.807, 2.05) is 25.1 Å². The zero-order chi connectivity index (χ0) is 14.7. The summed E-state index contributed by atoms with van der Waals surface area (Å²) in [5.41, 5.74) is 2.42. The molecule has 4 heteroatoms. The van der Waals surface area contributed by atoms with Gasteiger partial charge in [-0.2, -0.15) is 0 Å². The monoisotopic (exact) mass is 276 g/mol. The summed E-state index contributed by atoms with van der Waals surface area (Å²) in [6.45, 7) is 2.93. The fraction of sp³-hybridized carbons (Fsp3) is 0.562. The largest absolute Gasteiger partial charge is 0.496 e.